The summed E-state index contributed by atoms with van der Waals surface area (Å²) >= 11 is 0. The van der Waals surface area contributed by atoms with Crippen molar-refractivity contribution in [3.63, 3.8) is 0 Å². The smallest absolute Gasteiger partial charge is 0.244 e. The van der Waals surface area contributed by atoms with Crippen LogP contribution < -0.4 is 5.73 Å². The highest BCUT2D eigenvalue weighted by Gasteiger charge is 2.25. The number of carbonyl (C=O) groups excluding carboxylic acids is 1. The van der Waals surface area contributed by atoms with Gasteiger partial charge < -0.3 is 10.6 Å². The zero-order valence-electron chi connectivity index (χ0n) is 11.0. The topological polar surface area (TPSA) is 77.0 Å². The Hall–Kier alpha value is -1.43. The minimum Gasteiger partial charge on any atom is -0.341 e. The molecule has 1 aromatic heterocycles. The van der Waals surface area contributed by atoms with E-state index in [4.69, 9.17) is 5.73 Å². The Balaban J connectivity index is 1.91. The van der Waals surface area contributed by atoms with Gasteiger partial charge >= 0.3 is 0 Å². The lowest BCUT2D eigenvalue weighted by atomic mass is 9.89. The van der Waals surface area contributed by atoms with Crippen molar-refractivity contribution in [1.82, 2.24) is 19.9 Å². The lowest BCUT2D eigenvalue weighted by Gasteiger charge is -2.35. The first-order valence-electron chi connectivity index (χ1n) is 6.47. The molecule has 0 radical (unpaired) electrons. The van der Waals surface area contributed by atoms with Gasteiger partial charge in [0.25, 0.3) is 0 Å². The quantitative estimate of drug-likeness (QED) is 0.835. The average Bonchev–Trinajstić information content (AvgIpc) is 2.80. The molecule has 1 amide bonds. The first-order valence-corrected chi connectivity index (χ1v) is 6.47. The van der Waals surface area contributed by atoms with Gasteiger partial charge in [0.1, 0.15) is 6.54 Å². The van der Waals surface area contributed by atoms with Crippen LogP contribution in [0.4, 0.5) is 0 Å². The molecule has 18 heavy (non-hydrogen) atoms. The fourth-order valence-electron chi connectivity index (χ4n) is 2.24. The van der Waals surface area contributed by atoms with E-state index in [0.717, 1.165) is 19.5 Å². The Bertz CT molecular complexity index is 416. The highest BCUT2D eigenvalue weighted by atomic mass is 16.2. The van der Waals surface area contributed by atoms with Crippen LogP contribution in [-0.2, 0) is 17.9 Å². The lowest BCUT2D eigenvalue weighted by molar-refractivity contribution is -0.134. The molecule has 1 fully saturated rings. The van der Waals surface area contributed by atoms with Gasteiger partial charge in [-0.1, -0.05) is 19.1 Å². The van der Waals surface area contributed by atoms with Gasteiger partial charge in [0.15, 0.2) is 0 Å². The second-order valence-corrected chi connectivity index (χ2v) is 5.19. The summed E-state index contributed by atoms with van der Waals surface area (Å²) < 4.78 is 1.56. The maximum absolute atomic E-state index is 12.1. The molecule has 2 heterocycles. The monoisotopic (exact) mass is 251 g/mol. The van der Waals surface area contributed by atoms with Gasteiger partial charge in [-0.25, -0.2) is 4.68 Å². The molecule has 0 spiro atoms. The molecule has 1 saturated heterocycles. The van der Waals surface area contributed by atoms with Crippen molar-refractivity contribution in [2.24, 2.45) is 17.6 Å². The summed E-state index contributed by atoms with van der Waals surface area (Å²) in [5, 5.41) is 7.77. The maximum Gasteiger partial charge on any atom is 0.244 e. The van der Waals surface area contributed by atoms with Crippen LogP contribution in [-0.4, -0.2) is 38.9 Å². The fourth-order valence-corrected chi connectivity index (χ4v) is 2.24. The highest BCUT2D eigenvalue weighted by Crippen LogP contribution is 2.22. The van der Waals surface area contributed by atoms with E-state index in [1.165, 1.54) is 0 Å². The molecule has 100 valence electrons. The van der Waals surface area contributed by atoms with Crippen LogP contribution in [0.1, 0.15) is 26.0 Å². The summed E-state index contributed by atoms with van der Waals surface area (Å²) in [6.45, 7) is 6.76. The van der Waals surface area contributed by atoms with Gasteiger partial charge in [-0.3, -0.25) is 4.79 Å². The molecule has 0 aromatic carbocycles. The third-order valence-corrected chi connectivity index (χ3v) is 3.78. The third-order valence-electron chi connectivity index (χ3n) is 3.78. The SMILES string of the molecule is CC1CCN(C(=O)Cn2cc(CN)nn2)CC1C. The molecule has 6 heteroatoms. The van der Waals surface area contributed by atoms with E-state index in [2.05, 4.69) is 24.2 Å². The van der Waals surface area contributed by atoms with Crippen molar-refractivity contribution in [3.05, 3.63) is 11.9 Å². The van der Waals surface area contributed by atoms with E-state index in [1.54, 1.807) is 10.9 Å². The van der Waals surface area contributed by atoms with Crippen LogP contribution in [0.5, 0.6) is 0 Å². The second kappa shape index (κ2) is 5.48. The first-order chi connectivity index (χ1) is 8.60. The Morgan fingerprint density at radius 1 is 1.50 bits per heavy atom. The predicted molar refractivity (Wildman–Crippen MR) is 67.4 cm³/mol. The summed E-state index contributed by atoms with van der Waals surface area (Å²) in [7, 11) is 0. The number of likely N-dealkylation sites (tertiary alicyclic amines) is 1. The number of hydrogen-bond acceptors (Lipinski definition) is 4. The number of carbonyl (C=O) groups is 1. The first kappa shape index (κ1) is 13.0. The standard InChI is InChI=1S/C12H21N5O/c1-9-3-4-16(6-10(9)2)12(18)8-17-7-11(5-13)14-15-17/h7,9-10H,3-6,8,13H2,1-2H3. The summed E-state index contributed by atoms with van der Waals surface area (Å²) in [5.74, 6) is 1.38. The van der Waals surface area contributed by atoms with Crippen LogP contribution in [0.25, 0.3) is 0 Å². The number of piperidine rings is 1. The van der Waals surface area contributed by atoms with Crippen LogP contribution in [0.3, 0.4) is 0 Å². The minimum atomic E-state index is 0.113. The lowest BCUT2D eigenvalue weighted by Crippen LogP contribution is -2.43. The zero-order valence-corrected chi connectivity index (χ0v) is 11.0. The maximum atomic E-state index is 12.1. The number of amides is 1. The van der Waals surface area contributed by atoms with Crippen molar-refractivity contribution in [1.29, 1.82) is 0 Å². The summed E-state index contributed by atoms with van der Waals surface area (Å²) in [5.41, 5.74) is 6.17. The molecular weight excluding hydrogens is 230 g/mol. The largest absolute Gasteiger partial charge is 0.341 e. The minimum absolute atomic E-state index is 0.113. The summed E-state index contributed by atoms with van der Waals surface area (Å²) in [6.07, 6.45) is 2.81. The van der Waals surface area contributed by atoms with E-state index >= 15 is 0 Å². The zero-order chi connectivity index (χ0) is 13.1. The van der Waals surface area contributed by atoms with Crippen molar-refractivity contribution in [2.45, 2.75) is 33.4 Å². The Kier molecular flexibility index (Phi) is 3.96. The van der Waals surface area contributed by atoms with Gasteiger partial charge in [-0.15, -0.1) is 5.10 Å². The highest BCUT2D eigenvalue weighted by molar-refractivity contribution is 5.76. The molecule has 2 N–H and O–H groups in total. The number of nitrogens with two attached hydrogens (primary N) is 1. The number of rotatable bonds is 3. The van der Waals surface area contributed by atoms with E-state index in [0.29, 0.717) is 24.1 Å². The number of aromatic nitrogens is 3. The molecule has 2 atom stereocenters. The normalized spacial score (nSPS) is 24.3. The molecule has 0 bridgehead atoms. The van der Waals surface area contributed by atoms with Crippen LogP contribution in [0.2, 0.25) is 0 Å². The Morgan fingerprint density at radius 2 is 2.28 bits per heavy atom. The average molecular weight is 251 g/mol. The van der Waals surface area contributed by atoms with Crippen LogP contribution >= 0.6 is 0 Å². The molecule has 1 aliphatic heterocycles. The summed E-state index contributed by atoms with van der Waals surface area (Å²) in [6, 6.07) is 0. The van der Waals surface area contributed by atoms with Crippen molar-refractivity contribution >= 4 is 5.91 Å². The number of nitrogens with zero attached hydrogens (tertiary/aromatic N) is 4. The van der Waals surface area contributed by atoms with Crippen LogP contribution in [0.15, 0.2) is 6.20 Å². The van der Waals surface area contributed by atoms with Crippen molar-refractivity contribution in [3.8, 4) is 0 Å². The number of hydrogen-bond donors (Lipinski definition) is 1. The van der Waals surface area contributed by atoms with Crippen molar-refractivity contribution in [2.75, 3.05) is 13.1 Å². The third kappa shape index (κ3) is 2.87. The van der Waals surface area contributed by atoms with Crippen molar-refractivity contribution < 1.29 is 4.79 Å². The molecule has 1 aromatic rings. The predicted octanol–water partition coefficient (Wildman–Crippen LogP) is 0.241. The van der Waals surface area contributed by atoms with E-state index in [1.807, 2.05) is 4.90 Å². The second-order valence-electron chi connectivity index (χ2n) is 5.19. The van der Waals surface area contributed by atoms with Gasteiger partial charge in [0.2, 0.25) is 5.91 Å². The molecule has 6 nitrogen and oxygen atoms in total. The molecule has 2 rings (SSSR count). The molecule has 2 unspecified atom stereocenters. The van der Waals surface area contributed by atoms with E-state index in [-0.39, 0.29) is 12.5 Å². The summed E-state index contributed by atoms with van der Waals surface area (Å²) in [4.78, 5) is 14.0. The van der Waals surface area contributed by atoms with Gasteiger partial charge in [-0.05, 0) is 18.3 Å². The molecule has 0 aliphatic carbocycles. The Labute approximate surface area is 107 Å². The van der Waals surface area contributed by atoms with Crippen LogP contribution in [0, 0.1) is 11.8 Å². The van der Waals surface area contributed by atoms with E-state index < -0.39 is 0 Å². The molecule has 0 saturated carbocycles. The van der Waals surface area contributed by atoms with E-state index in [9.17, 15) is 4.79 Å². The van der Waals surface area contributed by atoms with Gasteiger partial charge in [0, 0.05) is 19.6 Å². The Morgan fingerprint density at radius 3 is 2.89 bits per heavy atom. The molecule has 1 aliphatic rings. The fraction of sp³-hybridized carbons (Fsp3) is 0.750. The van der Waals surface area contributed by atoms with Gasteiger partial charge in [-0.2, -0.15) is 0 Å². The molecular formula is C12H21N5O. The van der Waals surface area contributed by atoms with Gasteiger partial charge in [0.05, 0.1) is 11.9 Å².